The largest absolute Gasteiger partial charge is 0.393 e. The predicted octanol–water partition coefficient (Wildman–Crippen LogP) is -0.181. The van der Waals surface area contributed by atoms with Crippen LogP contribution in [0.1, 0.15) is 19.6 Å². The second-order valence-corrected chi connectivity index (χ2v) is 5.47. The summed E-state index contributed by atoms with van der Waals surface area (Å²) in [5, 5.41) is 22.5. The number of ether oxygens (including phenoxy) is 1. The fourth-order valence-corrected chi connectivity index (χ4v) is 2.88. The molecule has 0 bridgehead atoms. The van der Waals surface area contributed by atoms with Crippen molar-refractivity contribution in [3.63, 3.8) is 0 Å². The van der Waals surface area contributed by atoms with Crippen LogP contribution in [-0.2, 0) is 4.74 Å². The van der Waals surface area contributed by atoms with Gasteiger partial charge < -0.3 is 26.0 Å². The molecule has 4 atom stereocenters. The lowest BCUT2D eigenvalue weighted by atomic mass is 9.96. The van der Waals surface area contributed by atoms with Gasteiger partial charge >= 0.3 is 0 Å². The molecule has 0 saturated carbocycles. The van der Waals surface area contributed by atoms with E-state index in [0.717, 1.165) is 0 Å². The highest BCUT2D eigenvalue weighted by Crippen LogP contribution is 2.43. The molecule has 1 fully saturated rings. The minimum Gasteiger partial charge on any atom is -0.393 e. The number of nitrogens with two attached hydrogens (primary N) is 1. The number of nitrogens with one attached hydrogen (secondary N) is 1. The Labute approximate surface area is 131 Å². The zero-order chi connectivity index (χ0) is 16.8. The summed E-state index contributed by atoms with van der Waals surface area (Å²) in [5.41, 5.74) is 3.95. The lowest BCUT2D eigenvalue weighted by molar-refractivity contribution is -0.0790. The summed E-state index contributed by atoms with van der Waals surface area (Å²) < 4.78 is 22.1. The Morgan fingerprint density at radius 1 is 1.52 bits per heavy atom. The number of hydrogen-bond acceptors (Lipinski definition) is 8. The van der Waals surface area contributed by atoms with E-state index in [9.17, 15) is 10.2 Å². The normalized spacial score (nSPS) is 30.9. The van der Waals surface area contributed by atoms with Crippen molar-refractivity contribution < 1.29 is 19.3 Å². The Morgan fingerprint density at radius 2 is 2.26 bits per heavy atom. The molecule has 0 amide bonds. The van der Waals surface area contributed by atoms with Gasteiger partial charge in [0.1, 0.15) is 6.10 Å². The molecule has 1 aliphatic heterocycles. The summed E-state index contributed by atoms with van der Waals surface area (Å²) in [6.45, 7) is 0.869. The number of anilines is 2. The number of aromatic nitrogens is 4. The smallest absolute Gasteiger partial charge is 0.224 e. The summed E-state index contributed by atoms with van der Waals surface area (Å²) in [7, 11) is 1.65. The lowest BCUT2D eigenvalue weighted by Gasteiger charge is -2.26. The molecule has 0 spiro atoms. The fourth-order valence-electron chi connectivity index (χ4n) is 2.88. The zero-order valence-corrected chi connectivity index (χ0v) is 12.8. The highest BCUT2D eigenvalue weighted by Gasteiger charge is 2.57. The summed E-state index contributed by atoms with van der Waals surface area (Å²) in [6, 6.07) is 0. The zero-order valence-electron chi connectivity index (χ0n) is 12.8. The molecule has 5 N–H and O–H groups in total. The van der Waals surface area contributed by atoms with Crippen LogP contribution in [0.5, 0.6) is 0 Å². The number of aliphatic hydroxyl groups is 2. The third kappa shape index (κ3) is 2.21. The molecule has 3 heterocycles. The van der Waals surface area contributed by atoms with Gasteiger partial charge in [0, 0.05) is 7.05 Å². The number of aliphatic hydroxyl groups excluding tert-OH is 2. The Bertz CT molecular complexity index is 725. The quantitative estimate of drug-likeness (QED) is 0.608. The number of halogens is 1. The highest BCUT2D eigenvalue weighted by molar-refractivity contribution is 5.84. The van der Waals surface area contributed by atoms with Crippen LogP contribution in [0, 0.1) is 0 Å². The number of alkyl halides is 1. The maximum absolute atomic E-state index is 15.1. The molecule has 0 radical (unpaired) electrons. The van der Waals surface area contributed by atoms with E-state index < -0.39 is 30.7 Å². The van der Waals surface area contributed by atoms with Crippen LogP contribution < -0.4 is 11.1 Å². The molecular formula is C13H19FN6O3. The van der Waals surface area contributed by atoms with Gasteiger partial charge in [0.05, 0.1) is 19.0 Å². The lowest BCUT2D eigenvalue weighted by Crippen LogP contribution is -2.45. The average Bonchev–Trinajstić information content (AvgIpc) is 3.07. The van der Waals surface area contributed by atoms with E-state index in [1.54, 1.807) is 14.0 Å². The molecule has 23 heavy (non-hydrogen) atoms. The molecule has 0 aromatic carbocycles. The molecule has 9 nitrogen and oxygen atoms in total. The first-order valence-corrected chi connectivity index (χ1v) is 7.27. The average molecular weight is 326 g/mol. The van der Waals surface area contributed by atoms with Gasteiger partial charge in [0.25, 0.3) is 0 Å². The van der Waals surface area contributed by atoms with E-state index in [-0.39, 0.29) is 11.6 Å². The molecule has 2 aromatic rings. The SMILES string of the molecule is CC[C@H]1O[C@@H](n2cnc3c(NC)nc(N)nc32)[C@@](F)(CO)[C@@H]1O. The van der Waals surface area contributed by atoms with Crippen molar-refractivity contribution in [2.45, 2.75) is 37.4 Å². The number of nitrogen functional groups attached to an aromatic ring is 1. The van der Waals surface area contributed by atoms with Crippen LogP contribution >= 0.6 is 0 Å². The number of fused-ring (bicyclic) bond motifs is 1. The molecule has 126 valence electrons. The van der Waals surface area contributed by atoms with Crippen LogP contribution in [0.2, 0.25) is 0 Å². The number of nitrogens with zero attached hydrogens (tertiary/aromatic N) is 4. The highest BCUT2D eigenvalue weighted by atomic mass is 19.1. The summed E-state index contributed by atoms with van der Waals surface area (Å²) >= 11 is 0. The van der Waals surface area contributed by atoms with Gasteiger partial charge in [-0.05, 0) is 6.42 Å². The monoisotopic (exact) mass is 326 g/mol. The maximum Gasteiger partial charge on any atom is 0.224 e. The molecule has 1 saturated heterocycles. The second-order valence-electron chi connectivity index (χ2n) is 5.47. The molecule has 0 aliphatic carbocycles. The van der Waals surface area contributed by atoms with Crippen LogP contribution in [0.15, 0.2) is 6.33 Å². The number of hydrogen-bond donors (Lipinski definition) is 4. The third-order valence-electron chi connectivity index (χ3n) is 4.13. The van der Waals surface area contributed by atoms with Crippen molar-refractivity contribution in [1.29, 1.82) is 0 Å². The van der Waals surface area contributed by atoms with Gasteiger partial charge in [-0.1, -0.05) is 6.92 Å². The summed E-state index contributed by atoms with van der Waals surface area (Å²) in [4.78, 5) is 12.3. The van der Waals surface area contributed by atoms with Crippen LogP contribution in [0.3, 0.4) is 0 Å². The molecule has 1 aliphatic rings. The van der Waals surface area contributed by atoms with E-state index in [2.05, 4.69) is 20.3 Å². The van der Waals surface area contributed by atoms with Gasteiger partial charge in [0.15, 0.2) is 23.2 Å². The van der Waals surface area contributed by atoms with Gasteiger partial charge in [-0.2, -0.15) is 9.97 Å². The van der Waals surface area contributed by atoms with Gasteiger partial charge in [-0.3, -0.25) is 4.57 Å². The summed E-state index contributed by atoms with van der Waals surface area (Å²) in [6.07, 6.45) is -1.73. The topological polar surface area (TPSA) is 131 Å². The Balaban J connectivity index is 2.14. The van der Waals surface area contributed by atoms with Crippen molar-refractivity contribution >= 4 is 22.9 Å². The Hall–Kier alpha value is -2.04. The molecule has 0 unspecified atom stereocenters. The van der Waals surface area contributed by atoms with Crippen molar-refractivity contribution in [3.05, 3.63) is 6.33 Å². The van der Waals surface area contributed by atoms with Crippen molar-refractivity contribution in [2.24, 2.45) is 0 Å². The molecule has 2 aromatic heterocycles. The first-order chi connectivity index (χ1) is 11.0. The van der Waals surface area contributed by atoms with Gasteiger partial charge in [0.2, 0.25) is 11.6 Å². The number of imidazole rings is 1. The van der Waals surface area contributed by atoms with Crippen LogP contribution in [-0.4, -0.2) is 61.3 Å². The maximum atomic E-state index is 15.1. The first-order valence-electron chi connectivity index (χ1n) is 7.27. The van der Waals surface area contributed by atoms with Crippen molar-refractivity contribution in [1.82, 2.24) is 19.5 Å². The third-order valence-corrected chi connectivity index (χ3v) is 4.13. The van der Waals surface area contributed by atoms with Gasteiger partial charge in [-0.25, -0.2) is 9.37 Å². The van der Waals surface area contributed by atoms with E-state index in [1.807, 2.05) is 0 Å². The van der Waals surface area contributed by atoms with E-state index in [0.29, 0.717) is 17.8 Å². The van der Waals surface area contributed by atoms with Crippen LogP contribution in [0.25, 0.3) is 11.2 Å². The molecule has 10 heteroatoms. The minimum absolute atomic E-state index is 0.0114. The second kappa shape index (κ2) is 5.55. The van der Waals surface area contributed by atoms with E-state index in [4.69, 9.17) is 10.5 Å². The van der Waals surface area contributed by atoms with Gasteiger partial charge in [-0.15, -0.1) is 0 Å². The van der Waals surface area contributed by atoms with Crippen molar-refractivity contribution in [2.75, 3.05) is 24.7 Å². The predicted molar refractivity (Wildman–Crippen MR) is 80.4 cm³/mol. The molecular weight excluding hydrogens is 307 g/mol. The minimum atomic E-state index is -2.37. The Kier molecular flexibility index (Phi) is 3.82. The number of rotatable bonds is 4. The van der Waals surface area contributed by atoms with Crippen LogP contribution in [0.4, 0.5) is 16.2 Å². The molecule has 3 rings (SSSR count). The fraction of sp³-hybridized carbons (Fsp3) is 0.615. The van der Waals surface area contributed by atoms with Crippen molar-refractivity contribution in [3.8, 4) is 0 Å². The Morgan fingerprint density at radius 3 is 2.87 bits per heavy atom. The van der Waals surface area contributed by atoms with E-state index in [1.165, 1.54) is 10.9 Å². The first kappa shape index (κ1) is 15.8. The standard InChI is InChI=1S/C13H19FN6O3/c1-3-6-8(22)13(14,4-21)11(23-6)20-5-17-7-9(16-2)18-12(15)19-10(7)20/h5-6,8,11,21-22H,3-4H2,1-2H3,(H3,15,16,18,19)/t6-,8-,11-,13-/m1/s1. The van der Waals surface area contributed by atoms with E-state index >= 15 is 4.39 Å². The summed E-state index contributed by atoms with van der Waals surface area (Å²) in [5.74, 6) is 0.382.